The maximum atomic E-state index is 5.03. The van der Waals surface area contributed by atoms with Gasteiger partial charge in [-0.3, -0.25) is 4.99 Å². The van der Waals surface area contributed by atoms with Crippen LogP contribution >= 0.6 is 0 Å². The Kier molecular flexibility index (Phi) is 3.02. The van der Waals surface area contributed by atoms with Crippen LogP contribution in [-0.4, -0.2) is 11.9 Å². The van der Waals surface area contributed by atoms with Gasteiger partial charge < -0.3 is 5.84 Å². The van der Waals surface area contributed by atoms with Crippen molar-refractivity contribution in [1.82, 2.24) is 0 Å². The number of hydrogen-bond donors (Lipinski definition) is 1. The molecule has 0 aliphatic heterocycles. The van der Waals surface area contributed by atoms with Gasteiger partial charge in [0.05, 0.1) is 17.6 Å². The molecule has 0 aromatic heterocycles. The highest BCUT2D eigenvalue weighted by Crippen LogP contribution is 2.07. The standard InChI is InChI=1S/C9H11N3/c1-8(12-10)7-11-9-5-3-2-4-6-9/h2-7H,10H2,1H3/b11-7?,12-8-. The molecule has 0 saturated carbocycles. The molecule has 0 spiro atoms. The number of nitrogens with two attached hydrogens (primary N) is 1. The molecular formula is C9H11N3. The third kappa shape index (κ3) is 2.54. The first kappa shape index (κ1) is 8.46. The third-order valence-corrected chi connectivity index (χ3v) is 1.36. The van der Waals surface area contributed by atoms with Crippen molar-refractivity contribution in [3.63, 3.8) is 0 Å². The van der Waals surface area contributed by atoms with Crippen molar-refractivity contribution in [2.24, 2.45) is 15.9 Å². The van der Waals surface area contributed by atoms with E-state index in [1.54, 1.807) is 13.1 Å². The summed E-state index contributed by atoms with van der Waals surface area (Å²) in [6, 6.07) is 9.65. The van der Waals surface area contributed by atoms with E-state index in [2.05, 4.69) is 10.1 Å². The number of aliphatic imine (C=N–C) groups is 1. The lowest BCUT2D eigenvalue weighted by atomic mass is 10.3. The molecule has 62 valence electrons. The summed E-state index contributed by atoms with van der Waals surface area (Å²) in [6.07, 6.45) is 1.63. The van der Waals surface area contributed by atoms with Gasteiger partial charge in [0.25, 0.3) is 0 Å². The van der Waals surface area contributed by atoms with Crippen LogP contribution in [0, 0.1) is 0 Å². The van der Waals surface area contributed by atoms with Crippen molar-refractivity contribution in [3.8, 4) is 0 Å². The highest BCUT2D eigenvalue weighted by molar-refractivity contribution is 6.29. The topological polar surface area (TPSA) is 50.7 Å². The minimum absolute atomic E-state index is 0.707. The van der Waals surface area contributed by atoms with Crippen molar-refractivity contribution in [2.45, 2.75) is 6.92 Å². The molecule has 1 aromatic carbocycles. The molecule has 2 N–H and O–H groups in total. The Labute approximate surface area is 71.6 Å². The smallest absolute Gasteiger partial charge is 0.0752 e. The van der Waals surface area contributed by atoms with E-state index in [4.69, 9.17) is 5.84 Å². The second-order valence-electron chi connectivity index (χ2n) is 2.36. The monoisotopic (exact) mass is 161 g/mol. The maximum Gasteiger partial charge on any atom is 0.0752 e. The fraction of sp³-hybridized carbons (Fsp3) is 0.111. The molecule has 0 aliphatic rings. The quantitative estimate of drug-likeness (QED) is 0.401. The summed E-state index contributed by atoms with van der Waals surface area (Å²) in [4.78, 5) is 4.14. The Morgan fingerprint density at radius 2 is 2.00 bits per heavy atom. The van der Waals surface area contributed by atoms with Crippen molar-refractivity contribution < 1.29 is 0 Å². The van der Waals surface area contributed by atoms with Crippen molar-refractivity contribution in [3.05, 3.63) is 30.3 Å². The minimum atomic E-state index is 0.707. The first-order valence-corrected chi connectivity index (χ1v) is 3.66. The van der Waals surface area contributed by atoms with Crippen molar-refractivity contribution >= 4 is 17.6 Å². The van der Waals surface area contributed by atoms with E-state index in [1.165, 1.54) is 0 Å². The Balaban J connectivity index is 2.70. The van der Waals surface area contributed by atoms with Crippen LogP contribution in [0.5, 0.6) is 0 Å². The number of nitrogens with zero attached hydrogens (tertiary/aromatic N) is 2. The van der Waals surface area contributed by atoms with Gasteiger partial charge in [0.15, 0.2) is 0 Å². The van der Waals surface area contributed by atoms with Gasteiger partial charge in [-0.1, -0.05) is 18.2 Å². The van der Waals surface area contributed by atoms with E-state index < -0.39 is 0 Å². The highest BCUT2D eigenvalue weighted by atomic mass is 15.1. The molecule has 0 unspecified atom stereocenters. The van der Waals surface area contributed by atoms with Crippen LogP contribution in [0.4, 0.5) is 5.69 Å². The Morgan fingerprint density at radius 1 is 1.33 bits per heavy atom. The highest BCUT2D eigenvalue weighted by Gasteiger charge is 1.84. The summed E-state index contributed by atoms with van der Waals surface area (Å²) >= 11 is 0. The lowest BCUT2D eigenvalue weighted by molar-refractivity contribution is 1.25. The van der Waals surface area contributed by atoms with Gasteiger partial charge in [-0.25, -0.2) is 0 Å². The number of hydrogen-bond acceptors (Lipinski definition) is 3. The molecule has 0 bridgehead atoms. The summed E-state index contributed by atoms with van der Waals surface area (Å²) in [5.74, 6) is 5.03. The van der Waals surface area contributed by atoms with Crippen LogP contribution in [0.1, 0.15) is 6.92 Å². The summed E-state index contributed by atoms with van der Waals surface area (Å²) in [5, 5.41) is 3.47. The predicted molar refractivity (Wildman–Crippen MR) is 51.9 cm³/mol. The molecule has 12 heavy (non-hydrogen) atoms. The summed E-state index contributed by atoms with van der Waals surface area (Å²) < 4.78 is 0. The fourth-order valence-corrected chi connectivity index (χ4v) is 0.715. The molecule has 0 fully saturated rings. The van der Waals surface area contributed by atoms with Crippen LogP contribution in [-0.2, 0) is 0 Å². The van der Waals surface area contributed by atoms with Gasteiger partial charge in [-0.15, -0.1) is 0 Å². The van der Waals surface area contributed by atoms with E-state index in [-0.39, 0.29) is 0 Å². The second kappa shape index (κ2) is 4.28. The van der Waals surface area contributed by atoms with Gasteiger partial charge in [0.2, 0.25) is 0 Å². The van der Waals surface area contributed by atoms with Gasteiger partial charge in [0.1, 0.15) is 0 Å². The van der Waals surface area contributed by atoms with Crippen LogP contribution in [0.25, 0.3) is 0 Å². The van der Waals surface area contributed by atoms with E-state index in [0.29, 0.717) is 5.71 Å². The summed E-state index contributed by atoms with van der Waals surface area (Å²) in [5.41, 5.74) is 1.61. The van der Waals surface area contributed by atoms with Gasteiger partial charge in [-0.05, 0) is 19.1 Å². The van der Waals surface area contributed by atoms with Gasteiger partial charge in [0, 0.05) is 0 Å². The predicted octanol–water partition coefficient (Wildman–Crippen LogP) is 1.72. The second-order valence-corrected chi connectivity index (χ2v) is 2.36. The van der Waals surface area contributed by atoms with Crippen LogP contribution in [0.3, 0.4) is 0 Å². The maximum absolute atomic E-state index is 5.03. The SMILES string of the molecule is C/C(C=Nc1ccccc1)=N/N. The fourth-order valence-electron chi connectivity index (χ4n) is 0.715. The molecule has 0 atom stereocenters. The first-order valence-electron chi connectivity index (χ1n) is 3.66. The summed E-state index contributed by atoms with van der Waals surface area (Å²) in [6.45, 7) is 1.80. The van der Waals surface area contributed by atoms with E-state index in [1.807, 2.05) is 30.3 Å². The van der Waals surface area contributed by atoms with E-state index >= 15 is 0 Å². The van der Waals surface area contributed by atoms with Crippen LogP contribution in [0.2, 0.25) is 0 Å². The molecule has 1 rings (SSSR count). The van der Waals surface area contributed by atoms with E-state index in [9.17, 15) is 0 Å². The van der Waals surface area contributed by atoms with Crippen LogP contribution in [0.15, 0.2) is 40.4 Å². The lowest BCUT2D eigenvalue weighted by Gasteiger charge is -1.90. The zero-order valence-corrected chi connectivity index (χ0v) is 6.94. The van der Waals surface area contributed by atoms with Gasteiger partial charge in [-0.2, -0.15) is 5.10 Å². The minimum Gasteiger partial charge on any atom is -0.323 e. The lowest BCUT2D eigenvalue weighted by Crippen LogP contribution is -1.96. The first-order chi connectivity index (χ1) is 5.83. The average molecular weight is 161 g/mol. The number of hydrazone groups is 1. The van der Waals surface area contributed by atoms with Crippen molar-refractivity contribution in [1.29, 1.82) is 0 Å². The molecule has 0 radical (unpaired) electrons. The number of benzene rings is 1. The van der Waals surface area contributed by atoms with Crippen LogP contribution < -0.4 is 5.84 Å². The Morgan fingerprint density at radius 3 is 2.58 bits per heavy atom. The summed E-state index contributed by atoms with van der Waals surface area (Å²) in [7, 11) is 0. The molecule has 0 aliphatic carbocycles. The number of para-hydroxylation sites is 1. The third-order valence-electron chi connectivity index (χ3n) is 1.36. The molecule has 3 heteroatoms. The average Bonchev–Trinajstić information content (AvgIpc) is 2.16. The molecule has 0 saturated heterocycles. The van der Waals surface area contributed by atoms with Gasteiger partial charge >= 0.3 is 0 Å². The molecule has 1 aromatic rings. The van der Waals surface area contributed by atoms with E-state index in [0.717, 1.165) is 5.69 Å². The normalized spacial score (nSPS) is 12.2. The molecule has 0 amide bonds. The molecular weight excluding hydrogens is 150 g/mol. The molecule has 3 nitrogen and oxygen atoms in total. The zero-order chi connectivity index (χ0) is 8.81. The molecule has 0 heterocycles. The number of rotatable bonds is 2. The zero-order valence-electron chi connectivity index (χ0n) is 6.94. The van der Waals surface area contributed by atoms with Crippen molar-refractivity contribution in [2.75, 3.05) is 0 Å². The largest absolute Gasteiger partial charge is 0.323 e. The Bertz CT molecular complexity index is 288. The Hall–Kier alpha value is -1.64.